The first-order valence-electron chi connectivity index (χ1n) is 9.80. The van der Waals surface area contributed by atoms with E-state index in [9.17, 15) is 9.90 Å². The minimum atomic E-state index is -0.666. The third kappa shape index (κ3) is 4.31. The van der Waals surface area contributed by atoms with Crippen LogP contribution in [0.2, 0.25) is 0 Å². The van der Waals surface area contributed by atoms with Crippen molar-refractivity contribution < 1.29 is 9.90 Å². The van der Waals surface area contributed by atoms with Crippen molar-refractivity contribution in [1.82, 2.24) is 14.7 Å². The summed E-state index contributed by atoms with van der Waals surface area (Å²) >= 11 is 0. The van der Waals surface area contributed by atoms with E-state index < -0.39 is 5.97 Å². The molecular formula is C23H25N3O2. The van der Waals surface area contributed by atoms with Gasteiger partial charge in [0, 0.05) is 23.9 Å². The van der Waals surface area contributed by atoms with Gasteiger partial charge in [-0.3, -0.25) is 14.4 Å². The molecule has 2 aromatic carbocycles. The normalized spacial score (nSPS) is 15.6. The van der Waals surface area contributed by atoms with E-state index in [1.54, 1.807) is 0 Å². The molecule has 1 N–H and O–H groups in total. The van der Waals surface area contributed by atoms with Crippen molar-refractivity contribution in [3.05, 3.63) is 78.0 Å². The van der Waals surface area contributed by atoms with E-state index in [1.165, 1.54) is 11.1 Å². The van der Waals surface area contributed by atoms with Crippen LogP contribution in [0.15, 0.2) is 66.9 Å². The molecule has 1 saturated heterocycles. The molecule has 1 aliphatic heterocycles. The van der Waals surface area contributed by atoms with Gasteiger partial charge in [-0.05, 0) is 31.5 Å². The van der Waals surface area contributed by atoms with Crippen molar-refractivity contribution in [3.63, 3.8) is 0 Å². The van der Waals surface area contributed by atoms with Gasteiger partial charge in [-0.2, -0.15) is 5.10 Å². The molecule has 0 atom stereocenters. The summed E-state index contributed by atoms with van der Waals surface area (Å²) in [6.45, 7) is 3.16. The van der Waals surface area contributed by atoms with E-state index in [1.807, 2.05) is 41.1 Å². The summed E-state index contributed by atoms with van der Waals surface area (Å²) in [6, 6.07) is 20.6. The largest absolute Gasteiger partial charge is 0.481 e. The van der Waals surface area contributed by atoms with Crippen molar-refractivity contribution in [3.8, 4) is 11.3 Å². The maximum atomic E-state index is 11.2. The first-order chi connectivity index (χ1) is 13.7. The fourth-order valence-electron chi connectivity index (χ4n) is 3.85. The molecule has 0 radical (unpaired) electrons. The molecule has 2 heterocycles. The van der Waals surface area contributed by atoms with E-state index in [0.29, 0.717) is 12.8 Å². The number of aliphatic carboxylic acids is 1. The second kappa shape index (κ2) is 8.40. The second-order valence-electron chi connectivity index (χ2n) is 7.44. The van der Waals surface area contributed by atoms with Crippen molar-refractivity contribution >= 4 is 5.97 Å². The monoisotopic (exact) mass is 375 g/mol. The minimum Gasteiger partial charge on any atom is -0.481 e. The summed E-state index contributed by atoms with van der Waals surface area (Å²) in [5, 5.41) is 14.1. The molecule has 5 nitrogen and oxygen atoms in total. The maximum Gasteiger partial charge on any atom is 0.306 e. The molecule has 1 fully saturated rings. The number of carboxylic acid groups (broad SMARTS) is 1. The molecule has 0 amide bonds. The highest BCUT2D eigenvalue weighted by Gasteiger charge is 2.25. The number of aromatic nitrogens is 2. The molecule has 28 heavy (non-hydrogen) atoms. The predicted molar refractivity (Wildman–Crippen MR) is 109 cm³/mol. The van der Waals surface area contributed by atoms with E-state index in [2.05, 4.69) is 35.4 Å². The second-order valence-corrected chi connectivity index (χ2v) is 7.44. The minimum absolute atomic E-state index is 0.203. The van der Waals surface area contributed by atoms with Gasteiger partial charge >= 0.3 is 5.97 Å². The molecule has 0 unspecified atom stereocenters. The van der Waals surface area contributed by atoms with E-state index in [0.717, 1.165) is 37.4 Å². The Morgan fingerprint density at radius 3 is 2.25 bits per heavy atom. The summed E-state index contributed by atoms with van der Waals surface area (Å²) in [5.41, 5.74) is 4.54. The Bertz CT molecular complexity index is 914. The molecule has 3 aromatic rings. The van der Waals surface area contributed by atoms with E-state index in [4.69, 9.17) is 5.10 Å². The summed E-state index contributed by atoms with van der Waals surface area (Å²) in [7, 11) is 0. The molecule has 1 aromatic heterocycles. The van der Waals surface area contributed by atoms with Gasteiger partial charge < -0.3 is 5.11 Å². The zero-order valence-corrected chi connectivity index (χ0v) is 15.9. The molecule has 4 rings (SSSR count). The zero-order chi connectivity index (χ0) is 19.3. The Labute approximate surface area is 165 Å². The van der Waals surface area contributed by atoms with Gasteiger partial charge in [-0.25, -0.2) is 0 Å². The number of nitrogens with zero attached hydrogens (tertiary/aromatic N) is 3. The van der Waals surface area contributed by atoms with Gasteiger partial charge in [0.05, 0.1) is 18.2 Å². The van der Waals surface area contributed by atoms with Crippen LogP contribution in [0.1, 0.15) is 24.0 Å². The number of benzene rings is 2. The fourth-order valence-corrected chi connectivity index (χ4v) is 3.85. The van der Waals surface area contributed by atoms with Crippen molar-refractivity contribution in [2.75, 3.05) is 13.1 Å². The quantitative estimate of drug-likeness (QED) is 0.710. The summed E-state index contributed by atoms with van der Waals surface area (Å²) in [4.78, 5) is 13.5. The lowest BCUT2D eigenvalue weighted by Gasteiger charge is -2.29. The highest BCUT2D eigenvalue weighted by atomic mass is 16.4. The van der Waals surface area contributed by atoms with Crippen LogP contribution >= 0.6 is 0 Å². The van der Waals surface area contributed by atoms with Crippen LogP contribution in [0.5, 0.6) is 0 Å². The highest BCUT2D eigenvalue weighted by Crippen LogP contribution is 2.26. The smallest absolute Gasteiger partial charge is 0.306 e. The van der Waals surface area contributed by atoms with Crippen LogP contribution < -0.4 is 0 Å². The Morgan fingerprint density at radius 1 is 0.964 bits per heavy atom. The number of likely N-dealkylation sites (tertiary alicyclic amines) is 1. The number of piperidine rings is 1. The number of hydrogen-bond acceptors (Lipinski definition) is 3. The highest BCUT2D eigenvalue weighted by molar-refractivity contribution is 5.70. The number of hydrogen-bond donors (Lipinski definition) is 1. The molecule has 5 heteroatoms. The van der Waals surface area contributed by atoms with Gasteiger partial charge in [-0.15, -0.1) is 0 Å². The van der Waals surface area contributed by atoms with E-state index in [-0.39, 0.29) is 5.92 Å². The molecule has 0 spiro atoms. The number of carboxylic acids is 1. The third-order valence-electron chi connectivity index (χ3n) is 5.40. The Balaban J connectivity index is 1.55. The van der Waals surface area contributed by atoms with Crippen LogP contribution in [-0.4, -0.2) is 38.8 Å². The third-order valence-corrected chi connectivity index (χ3v) is 5.40. The molecule has 0 aliphatic carbocycles. The van der Waals surface area contributed by atoms with Gasteiger partial charge in [0.15, 0.2) is 0 Å². The van der Waals surface area contributed by atoms with Crippen LogP contribution in [0.25, 0.3) is 11.3 Å². The van der Waals surface area contributed by atoms with Crippen LogP contribution in [0.4, 0.5) is 0 Å². The lowest BCUT2D eigenvalue weighted by atomic mass is 9.96. The fraction of sp³-hybridized carbons (Fsp3) is 0.304. The molecular weight excluding hydrogens is 350 g/mol. The topological polar surface area (TPSA) is 58.4 Å². The molecule has 0 bridgehead atoms. The Kier molecular flexibility index (Phi) is 5.53. The number of carbonyl (C=O) groups is 1. The van der Waals surface area contributed by atoms with E-state index >= 15 is 0 Å². The molecule has 1 aliphatic rings. The van der Waals surface area contributed by atoms with Gasteiger partial charge in [-0.1, -0.05) is 60.7 Å². The standard InChI is InChI=1S/C23H25N3O2/c27-23(28)20-11-13-25(14-12-20)16-21-17-26(15-18-7-3-1-4-8-18)24-22(21)19-9-5-2-6-10-19/h1-10,17,20H,11-16H2,(H,27,28). The average Bonchev–Trinajstić information content (AvgIpc) is 3.12. The number of rotatable bonds is 6. The van der Waals surface area contributed by atoms with Gasteiger partial charge in [0.1, 0.15) is 0 Å². The molecule has 144 valence electrons. The van der Waals surface area contributed by atoms with Gasteiger partial charge in [0.25, 0.3) is 0 Å². The summed E-state index contributed by atoms with van der Waals surface area (Å²) in [6.07, 6.45) is 3.57. The summed E-state index contributed by atoms with van der Waals surface area (Å²) in [5.74, 6) is -0.869. The first kappa shape index (κ1) is 18.4. The van der Waals surface area contributed by atoms with Crippen LogP contribution in [0, 0.1) is 5.92 Å². The van der Waals surface area contributed by atoms with Crippen molar-refractivity contribution in [2.24, 2.45) is 5.92 Å². The first-order valence-corrected chi connectivity index (χ1v) is 9.80. The van der Waals surface area contributed by atoms with Crippen LogP contribution in [-0.2, 0) is 17.9 Å². The lowest BCUT2D eigenvalue weighted by molar-refractivity contribution is -0.143. The Hall–Kier alpha value is -2.92. The van der Waals surface area contributed by atoms with Crippen molar-refractivity contribution in [1.29, 1.82) is 0 Å². The zero-order valence-electron chi connectivity index (χ0n) is 15.9. The maximum absolute atomic E-state index is 11.2. The predicted octanol–water partition coefficient (Wildman–Crippen LogP) is 3.90. The molecule has 0 saturated carbocycles. The van der Waals surface area contributed by atoms with Crippen LogP contribution in [0.3, 0.4) is 0 Å². The van der Waals surface area contributed by atoms with Crippen molar-refractivity contribution in [2.45, 2.75) is 25.9 Å². The van der Waals surface area contributed by atoms with Gasteiger partial charge in [0.2, 0.25) is 0 Å². The summed E-state index contributed by atoms with van der Waals surface area (Å²) < 4.78 is 2.01. The SMILES string of the molecule is O=C(O)C1CCN(Cc2cn(Cc3ccccc3)nc2-c2ccccc2)CC1. The average molecular weight is 375 g/mol. The Morgan fingerprint density at radius 2 is 1.61 bits per heavy atom. The lowest BCUT2D eigenvalue weighted by Crippen LogP contribution is -2.35.